The molecule has 2 aliphatic heterocycles. The number of nitrogens with two attached hydrogens (primary N) is 1. The molecule has 0 aromatic rings. The molecule has 2 N–H and O–H groups in total. The fraction of sp³-hybridized carbons (Fsp3) is 0.909. The van der Waals surface area contributed by atoms with Crippen LogP contribution in [0.4, 0.5) is 0 Å². The van der Waals surface area contributed by atoms with Crippen molar-refractivity contribution < 1.29 is 9.53 Å². The van der Waals surface area contributed by atoms with Crippen LogP contribution in [0.5, 0.6) is 0 Å². The van der Waals surface area contributed by atoms with Gasteiger partial charge in [-0.3, -0.25) is 4.79 Å². The van der Waals surface area contributed by atoms with Crippen LogP contribution in [-0.2, 0) is 9.53 Å². The van der Waals surface area contributed by atoms with Gasteiger partial charge in [0.1, 0.15) is 0 Å². The molecule has 4 nitrogen and oxygen atoms in total. The molecule has 0 aliphatic carbocycles. The predicted molar refractivity (Wildman–Crippen MR) is 57.3 cm³/mol. The Bertz CT molecular complexity index is 245. The predicted octanol–water partition coefficient (Wildman–Crippen LogP) is 0.219. The van der Waals surface area contributed by atoms with Crippen molar-refractivity contribution >= 4 is 5.91 Å². The number of nitrogens with zero attached hydrogens (tertiary/aromatic N) is 1. The molecule has 3 unspecified atom stereocenters. The van der Waals surface area contributed by atoms with Crippen LogP contribution >= 0.6 is 0 Å². The van der Waals surface area contributed by atoms with E-state index in [4.69, 9.17) is 10.5 Å². The molecule has 1 amide bonds. The van der Waals surface area contributed by atoms with Gasteiger partial charge in [0.2, 0.25) is 5.91 Å². The Balaban J connectivity index is 1.86. The highest BCUT2D eigenvalue weighted by Gasteiger charge is 2.33. The number of hydrogen-bond acceptors (Lipinski definition) is 3. The van der Waals surface area contributed by atoms with Crippen LogP contribution in [0.3, 0.4) is 0 Å². The van der Waals surface area contributed by atoms with E-state index in [1.165, 1.54) is 0 Å². The lowest BCUT2D eigenvalue weighted by molar-refractivity contribution is -0.128. The Morgan fingerprint density at radius 1 is 1.60 bits per heavy atom. The third-order valence-electron chi connectivity index (χ3n) is 3.62. The highest BCUT2D eigenvalue weighted by molar-refractivity contribution is 5.78. The molecular formula is C11H20N2O2. The van der Waals surface area contributed by atoms with E-state index in [0.29, 0.717) is 30.9 Å². The van der Waals surface area contributed by atoms with Crippen molar-refractivity contribution in [2.24, 2.45) is 17.6 Å². The first-order chi connectivity index (χ1) is 7.20. The molecule has 86 valence electrons. The Labute approximate surface area is 90.8 Å². The van der Waals surface area contributed by atoms with E-state index in [1.807, 2.05) is 4.90 Å². The lowest BCUT2D eigenvalue weighted by atomic mass is 10.0. The molecule has 0 bridgehead atoms. The van der Waals surface area contributed by atoms with Crippen LogP contribution in [0.2, 0.25) is 0 Å². The van der Waals surface area contributed by atoms with Gasteiger partial charge in [-0.05, 0) is 25.8 Å². The van der Waals surface area contributed by atoms with Crippen LogP contribution in [0.1, 0.15) is 19.8 Å². The molecule has 0 saturated carbocycles. The Kier molecular flexibility index (Phi) is 3.26. The minimum atomic E-state index is 0.268. The first-order valence-electron chi connectivity index (χ1n) is 5.80. The van der Waals surface area contributed by atoms with E-state index in [1.54, 1.807) is 0 Å². The fourth-order valence-corrected chi connectivity index (χ4v) is 2.49. The summed E-state index contributed by atoms with van der Waals surface area (Å²) in [7, 11) is 0. The Morgan fingerprint density at radius 3 is 2.93 bits per heavy atom. The average Bonchev–Trinajstić information content (AvgIpc) is 2.76. The average molecular weight is 212 g/mol. The molecule has 2 saturated heterocycles. The van der Waals surface area contributed by atoms with Crippen molar-refractivity contribution in [3.8, 4) is 0 Å². The maximum atomic E-state index is 11.7. The Morgan fingerprint density at radius 2 is 2.40 bits per heavy atom. The van der Waals surface area contributed by atoms with Crippen LogP contribution in [0.15, 0.2) is 0 Å². The highest BCUT2D eigenvalue weighted by atomic mass is 16.5. The lowest BCUT2D eigenvalue weighted by Gasteiger charge is -2.22. The minimum absolute atomic E-state index is 0.268. The van der Waals surface area contributed by atoms with E-state index < -0.39 is 0 Å². The number of carbonyl (C=O) groups excluding carboxylic acids is 1. The third-order valence-corrected chi connectivity index (χ3v) is 3.62. The second kappa shape index (κ2) is 4.49. The molecule has 3 atom stereocenters. The van der Waals surface area contributed by atoms with Gasteiger partial charge < -0.3 is 15.4 Å². The number of hydrogen-bond donors (Lipinski definition) is 1. The van der Waals surface area contributed by atoms with Crippen LogP contribution < -0.4 is 5.73 Å². The number of carbonyl (C=O) groups is 1. The molecule has 15 heavy (non-hydrogen) atoms. The van der Waals surface area contributed by atoms with E-state index in [2.05, 4.69) is 6.92 Å². The zero-order chi connectivity index (χ0) is 10.8. The van der Waals surface area contributed by atoms with E-state index in [0.717, 1.165) is 26.1 Å². The zero-order valence-corrected chi connectivity index (χ0v) is 9.32. The maximum absolute atomic E-state index is 11.7. The van der Waals surface area contributed by atoms with Gasteiger partial charge in [0.15, 0.2) is 0 Å². The number of amides is 1. The van der Waals surface area contributed by atoms with E-state index in [9.17, 15) is 4.79 Å². The monoisotopic (exact) mass is 212 g/mol. The summed E-state index contributed by atoms with van der Waals surface area (Å²) in [5.41, 5.74) is 5.59. The van der Waals surface area contributed by atoms with Crippen LogP contribution in [0.25, 0.3) is 0 Å². The van der Waals surface area contributed by atoms with Crippen molar-refractivity contribution in [1.82, 2.24) is 4.90 Å². The number of rotatable bonds is 3. The SMILES string of the molecule is CC1OCCC1CN1CC(CN)CC1=O. The summed E-state index contributed by atoms with van der Waals surface area (Å²) in [5.74, 6) is 1.16. The van der Waals surface area contributed by atoms with Gasteiger partial charge in [-0.1, -0.05) is 0 Å². The second-order valence-electron chi connectivity index (χ2n) is 4.73. The summed E-state index contributed by atoms with van der Waals surface area (Å²) in [4.78, 5) is 13.6. The van der Waals surface area contributed by atoms with Gasteiger partial charge in [-0.15, -0.1) is 0 Å². The molecular weight excluding hydrogens is 192 g/mol. The Hall–Kier alpha value is -0.610. The van der Waals surface area contributed by atoms with Gasteiger partial charge in [0, 0.05) is 32.0 Å². The molecule has 0 radical (unpaired) electrons. The second-order valence-corrected chi connectivity index (χ2v) is 4.73. The normalized spacial score (nSPS) is 36.5. The van der Waals surface area contributed by atoms with Crippen molar-refractivity contribution in [3.05, 3.63) is 0 Å². The summed E-state index contributed by atoms with van der Waals surface area (Å²) in [6, 6.07) is 0. The summed E-state index contributed by atoms with van der Waals surface area (Å²) < 4.78 is 5.50. The summed E-state index contributed by atoms with van der Waals surface area (Å²) >= 11 is 0. The molecule has 0 aromatic carbocycles. The molecule has 0 spiro atoms. The topological polar surface area (TPSA) is 55.6 Å². The molecule has 0 aromatic heterocycles. The summed E-state index contributed by atoms with van der Waals surface area (Å²) in [6.07, 6.45) is 2.02. The standard InChI is InChI=1S/C11H20N2O2/c1-8-10(2-3-15-8)7-13-6-9(5-12)4-11(13)14/h8-10H,2-7,12H2,1H3. The summed E-state index contributed by atoms with van der Waals surface area (Å²) in [6.45, 7) is 5.26. The molecule has 4 heteroatoms. The van der Waals surface area contributed by atoms with Gasteiger partial charge in [-0.25, -0.2) is 0 Å². The van der Waals surface area contributed by atoms with Gasteiger partial charge in [0.05, 0.1) is 6.10 Å². The van der Waals surface area contributed by atoms with Gasteiger partial charge in [-0.2, -0.15) is 0 Å². The van der Waals surface area contributed by atoms with Crippen LogP contribution in [0, 0.1) is 11.8 Å². The fourth-order valence-electron chi connectivity index (χ4n) is 2.49. The minimum Gasteiger partial charge on any atom is -0.378 e. The molecule has 2 rings (SSSR count). The lowest BCUT2D eigenvalue weighted by Crippen LogP contribution is -2.33. The van der Waals surface area contributed by atoms with Crippen molar-refractivity contribution in [3.63, 3.8) is 0 Å². The van der Waals surface area contributed by atoms with Gasteiger partial charge in [0.25, 0.3) is 0 Å². The van der Waals surface area contributed by atoms with Crippen molar-refractivity contribution in [1.29, 1.82) is 0 Å². The number of ether oxygens (including phenoxy) is 1. The van der Waals surface area contributed by atoms with E-state index in [-0.39, 0.29) is 5.91 Å². The number of likely N-dealkylation sites (tertiary alicyclic amines) is 1. The third kappa shape index (κ3) is 2.32. The van der Waals surface area contributed by atoms with Gasteiger partial charge >= 0.3 is 0 Å². The van der Waals surface area contributed by atoms with Crippen molar-refractivity contribution in [2.75, 3.05) is 26.2 Å². The van der Waals surface area contributed by atoms with E-state index >= 15 is 0 Å². The molecule has 2 fully saturated rings. The first-order valence-corrected chi connectivity index (χ1v) is 5.80. The first kappa shape index (κ1) is 10.9. The largest absolute Gasteiger partial charge is 0.378 e. The van der Waals surface area contributed by atoms with Crippen molar-refractivity contribution in [2.45, 2.75) is 25.9 Å². The zero-order valence-electron chi connectivity index (χ0n) is 9.32. The smallest absolute Gasteiger partial charge is 0.222 e. The van der Waals surface area contributed by atoms with Crippen LogP contribution in [-0.4, -0.2) is 43.2 Å². The molecule has 2 aliphatic rings. The highest BCUT2D eigenvalue weighted by Crippen LogP contribution is 2.25. The maximum Gasteiger partial charge on any atom is 0.222 e. The molecule has 2 heterocycles. The quantitative estimate of drug-likeness (QED) is 0.728. The summed E-state index contributed by atoms with van der Waals surface area (Å²) in [5, 5.41) is 0.